The minimum atomic E-state index is 0. The fourth-order valence-electron chi connectivity index (χ4n) is 4.39. The van der Waals surface area contributed by atoms with Crippen LogP contribution in [0.15, 0.2) is 29.6 Å². The fourth-order valence-corrected chi connectivity index (χ4v) is 5.38. The van der Waals surface area contributed by atoms with Crippen LogP contribution < -0.4 is 5.32 Å². The second kappa shape index (κ2) is 9.40. The Bertz CT molecular complexity index is 601. The molecular weight excluding hydrogens is 359 g/mol. The molecule has 0 unspecified atom stereocenters. The topological polar surface area (TPSA) is 15.3 Å². The van der Waals surface area contributed by atoms with Crippen molar-refractivity contribution in [1.29, 1.82) is 0 Å². The Balaban J connectivity index is 0.00000104. The summed E-state index contributed by atoms with van der Waals surface area (Å²) in [6.07, 6.45) is 7.12. The highest BCUT2D eigenvalue weighted by Crippen LogP contribution is 2.42. The van der Waals surface area contributed by atoms with E-state index in [0.717, 1.165) is 19.0 Å². The van der Waals surface area contributed by atoms with E-state index in [2.05, 4.69) is 39.9 Å². The average Bonchev–Trinajstić information content (AvgIpc) is 3.01. The lowest BCUT2D eigenvalue weighted by atomic mass is 9.80. The third-order valence-corrected chi connectivity index (χ3v) is 6.45. The van der Waals surface area contributed by atoms with E-state index in [4.69, 9.17) is 0 Å². The Hall–Kier alpha value is -0.320. The van der Waals surface area contributed by atoms with E-state index in [1.165, 1.54) is 55.3 Å². The van der Waals surface area contributed by atoms with Crippen molar-refractivity contribution in [2.24, 2.45) is 5.92 Å². The van der Waals surface area contributed by atoms with Crippen LogP contribution in [0.1, 0.15) is 43.7 Å². The van der Waals surface area contributed by atoms with Crippen molar-refractivity contribution in [3.63, 3.8) is 0 Å². The van der Waals surface area contributed by atoms with Crippen molar-refractivity contribution in [3.8, 4) is 0 Å². The summed E-state index contributed by atoms with van der Waals surface area (Å²) < 4.78 is 1.45. The molecule has 1 N–H and O–H groups in total. The number of benzene rings is 1. The van der Waals surface area contributed by atoms with E-state index >= 15 is 0 Å². The highest BCUT2D eigenvalue weighted by molar-refractivity contribution is 7.17. The monoisotopic (exact) mass is 386 g/mol. The Morgan fingerprint density at radius 1 is 1.00 bits per heavy atom. The number of hydrogen-bond acceptors (Lipinski definition) is 3. The van der Waals surface area contributed by atoms with Crippen LogP contribution in [0.25, 0.3) is 10.1 Å². The summed E-state index contributed by atoms with van der Waals surface area (Å²) in [6, 6.07) is 9.62. The lowest BCUT2D eigenvalue weighted by Gasteiger charge is -2.41. The molecule has 4 rings (SSSR count). The highest BCUT2D eigenvalue weighted by atomic mass is 35.5. The zero-order valence-electron chi connectivity index (χ0n) is 14.1. The predicted molar refractivity (Wildman–Crippen MR) is 110 cm³/mol. The van der Waals surface area contributed by atoms with Crippen molar-refractivity contribution in [2.75, 3.05) is 26.2 Å². The molecule has 1 aliphatic carbocycles. The minimum absolute atomic E-state index is 0. The summed E-state index contributed by atoms with van der Waals surface area (Å²) in [4.78, 5) is 2.76. The van der Waals surface area contributed by atoms with Crippen molar-refractivity contribution in [2.45, 2.75) is 38.1 Å². The van der Waals surface area contributed by atoms with Crippen LogP contribution in [0, 0.1) is 5.92 Å². The SMILES string of the molecule is Cl.Cl.c1ccc2c([C@H](C3CCCCC3)N3CCNCC3)csc2c1. The molecule has 0 spiro atoms. The molecule has 134 valence electrons. The van der Waals surface area contributed by atoms with Crippen LogP contribution >= 0.6 is 36.2 Å². The molecular formula is C19H28Cl2N2S. The summed E-state index contributed by atoms with van der Waals surface area (Å²) in [7, 11) is 0. The lowest BCUT2D eigenvalue weighted by Crippen LogP contribution is -2.47. The molecule has 1 atom stereocenters. The van der Waals surface area contributed by atoms with Gasteiger partial charge in [-0.3, -0.25) is 4.90 Å². The quantitative estimate of drug-likeness (QED) is 0.772. The average molecular weight is 387 g/mol. The molecule has 2 nitrogen and oxygen atoms in total. The van der Waals surface area contributed by atoms with Crippen molar-refractivity contribution in [1.82, 2.24) is 10.2 Å². The Kier molecular flexibility index (Phi) is 7.83. The van der Waals surface area contributed by atoms with Gasteiger partial charge >= 0.3 is 0 Å². The third-order valence-electron chi connectivity index (χ3n) is 5.47. The van der Waals surface area contributed by atoms with Gasteiger partial charge in [-0.25, -0.2) is 0 Å². The van der Waals surface area contributed by atoms with Crippen molar-refractivity contribution >= 4 is 46.2 Å². The van der Waals surface area contributed by atoms with Gasteiger partial charge in [0.2, 0.25) is 0 Å². The molecule has 5 heteroatoms. The summed E-state index contributed by atoms with van der Waals surface area (Å²) in [5, 5.41) is 7.47. The number of fused-ring (bicyclic) bond motifs is 1. The number of hydrogen-bond donors (Lipinski definition) is 1. The van der Waals surface area contributed by atoms with Crippen LogP contribution in [-0.4, -0.2) is 31.1 Å². The van der Waals surface area contributed by atoms with Gasteiger partial charge in [0.15, 0.2) is 0 Å². The molecule has 2 heterocycles. The van der Waals surface area contributed by atoms with Crippen molar-refractivity contribution < 1.29 is 0 Å². The fraction of sp³-hybridized carbons (Fsp3) is 0.579. The highest BCUT2D eigenvalue weighted by Gasteiger charge is 2.32. The van der Waals surface area contributed by atoms with Crippen LogP contribution in [0.4, 0.5) is 0 Å². The smallest absolute Gasteiger partial charge is 0.0391 e. The number of halogens is 2. The van der Waals surface area contributed by atoms with Crippen LogP contribution in [0.3, 0.4) is 0 Å². The first kappa shape index (κ1) is 20.0. The molecule has 24 heavy (non-hydrogen) atoms. The largest absolute Gasteiger partial charge is 0.314 e. The van der Waals surface area contributed by atoms with Gasteiger partial charge < -0.3 is 5.32 Å². The standard InChI is InChI=1S/C19H26N2S.2ClH/c1-2-6-15(7-3-1)19(21-12-10-20-11-13-21)17-14-22-18-9-5-4-8-16(17)18;;/h4-5,8-9,14-15,19-20H,1-3,6-7,10-13H2;2*1H/t19-;;/m0../s1. The van der Waals surface area contributed by atoms with E-state index in [9.17, 15) is 0 Å². The van der Waals surface area contributed by atoms with E-state index in [0.29, 0.717) is 6.04 Å². The number of thiophene rings is 1. The molecule has 2 aromatic rings. The summed E-state index contributed by atoms with van der Waals surface area (Å²) in [5.74, 6) is 0.852. The maximum Gasteiger partial charge on any atom is 0.0391 e. The van der Waals surface area contributed by atoms with Gasteiger partial charge in [0.1, 0.15) is 0 Å². The van der Waals surface area contributed by atoms with Crippen molar-refractivity contribution in [3.05, 3.63) is 35.2 Å². The maximum atomic E-state index is 3.52. The zero-order chi connectivity index (χ0) is 14.8. The molecule has 1 aromatic heterocycles. The van der Waals surface area contributed by atoms with Crippen LogP contribution in [0.2, 0.25) is 0 Å². The normalized spacial score (nSPS) is 21.0. The first-order valence-corrected chi connectivity index (χ1v) is 9.72. The molecule has 0 amide bonds. The Morgan fingerprint density at radius 3 is 2.46 bits per heavy atom. The Labute approximate surface area is 161 Å². The predicted octanol–water partition coefficient (Wildman–Crippen LogP) is 5.27. The van der Waals surface area contributed by atoms with Gasteiger partial charge in [0.25, 0.3) is 0 Å². The molecule has 2 aliphatic rings. The molecule has 0 radical (unpaired) electrons. The number of piperazine rings is 1. The van der Waals surface area contributed by atoms with Crippen LogP contribution in [0.5, 0.6) is 0 Å². The summed E-state index contributed by atoms with van der Waals surface area (Å²) in [5.41, 5.74) is 1.61. The Morgan fingerprint density at radius 2 is 1.71 bits per heavy atom. The maximum absolute atomic E-state index is 3.52. The number of nitrogens with zero attached hydrogens (tertiary/aromatic N) is 1. The molecule has 0 bridgehead atoms. The second-order valence-corrected chi connectivity index (χ2v) is 7.73. The minimum Gasteiger partial charge on any atom is -0.314 e. The van der Waals surface area contributed by atoms with E-state index < -0.39 is 0 Å². The van der Waals surface area contributed by atoms with Gasteiger partial charge in [-0.05, 0) is 41.2 Å². The van der Waals surface area contributed by atoms with E-state index in [-0.39, 0.29) is 24.8 Å². The molecule has 1 aliphatic heterocycles. The number of nitrogens with one attached hydrogen (secondary N) is 1. The van der Waals surface area contributed by atoms with Crippen LogP contribution in [-0.2, 0) is 0 Å². The van der Waals surface area contributed by atoms with E-state index in [1.807, 2.05) is 11.3 Å². The van der Waals surface area contributed by atoms with E-state index in [1.54, 1.807) is 5.56 Å². The van der Waals surface area contributed by atoms with Gasteiger partial charge in [0.05, 0.1) is 0 Å². The summed E-state index contributed by atoms with van der Waals surface area (Å²) in [6.45, 7) is 4.69. The first-order valence-electron chi connectivity index (χ1n) is 8.84. The lowest BCUT2D eigenvalue weighted by molar-refractivity contribution is 0.104. The molecule has 1 aromatic carbocycles. The number of rotatable bonds is 3. The second-order valence-electron chi connectivity index (χ2n) is 6.82. The van der Waals surface area contributed by atoms with Gasteiger partial charge in [-0.1, -0.05) is 37.5 Å². The molecule has 1 saturated heterocycles. The van der Waals surface area contributed by atoms with Gasteiger partial charge in [0, 0.05) is 36.9 Å². The third kappa shape index (κ3) is 4.08. The van der Waals surface area contributed by atoms with Gasteiger partial charge in [-0.2, -0.15) is 0 Å². The molecule has 2 fully saturated rings. The summed E-state index contributed by atoms with van der Waals surface area (Å²) >= 11 is 1.93. The molecule has 1 saturated carbocycles. The zero-order valence-corrected chi connectivity index (χ0v) is 16.5. The van der Waals surface area contributed by atoms with Gasteiger partial charge in [-0.15, -0.1) is 36.2 Å². The first-order chi connectivity index (χ1) is 10.9.